The smallest absolute Gasteiger partial charge is 0.0743 e. The maximum absolute atomic E-state index is 5.65. The number of nitrogens with zero attached hydrogens (tertiary/aromatic N) is 1. The Bertz CT molecular complexity index is 199. The minimum atomic E-state index is 0.447. The van der Waals surface area contributed by atoms with Gasteiger partial charge < -0.3 is 10.5 Å². The molecule has 0 aliphatic rings. The van der Waals surface area contributed by atoms with Crippen LogP contribution in [-0.2, 0) is 4.74 Å². The van der Waals surface area contributed by atoms with Crippen molar-refractivity contribution in [1.29, 1.82) is 0 Å². The highest BCUT2D eigenvalue weighted by molar-refractivity contribution is 7.80. The minimum Gasteiger partial charge on any atom is -0.393 e. The summed E-state index contributed by atoms with van der Waals surface area (Å²) in [5, 5.41) is 0. The molecule has 96 valence electrons. The van der Waals surface area contributed by atoms with E-state index in [-0.39, 0.29) is 0 Å². The van der Waals surface area contributed by atoms with Crippen molar-refractivity contribution in [1.82, 2.24) is 4.90 Å². The molecular formula is C12H26N2OS. The molecular weight excluding hydrogens is 220 g/mol. The van der Waals surface area contributed by atoms with E-state index in [9.17, 15) is 0 Å². The zero-order chi connectivity index (χ0) is 12.6. The van der Waals surface area contributed by atoms with Gasteiger partial charge in [-0.05, 0) is 19.8 Å². The number of methoxy groups -OCH3 is 1. The first-order chi connectivity index (χ1) is 7.56. The summed E-state index contributed by atoms with van der Waals surface area (Å²) in [5.41, 5.74) is 5.65. The maximum atomic E-state index is 5.65. The molecule has 0 heterocycles. The van der Waals surface area contributed by atoms with Gasteiger partial charge in [0, 0.05) is 32.2 Å². The Labute approximate surface area is 105 Å². The van der Waals surface area contributed by atoms with Gasteiger partial charge in [-0.3, -0.25) is 4.90 Å². The van der Waals surface area contributed by atoms with Gasteiger partial charge in [-0.1, -0.05) is 26.1 Å². The molecule has 0 spiro atoms. The summed E-state index contributed by atoms with van der Waals surface area (Å²) >= 11 is 5.01. The van der Waals surface area contributed by atoms with Gasteiger partial charge in [-0.15, -0.1) is 0 Å². The van der Waals surface area contributed by atoms with Crippen molar-refractivity contribution in [3.63, 3.8) is 0 Å². The van der Waals surface area contributed by atoms with E-state index in [0.717, 1.165) is 32.4 Å². The zero-order valence-electron chi connectivity index (χ0n) is 11.0. The Morgan fingerprint density at radius 3 is 2.38 bits per heavy atom. The van der Waals surface area contributed by atoms with E-state index in [0.29, 0.717) is 17.1 Å². The predicted molar refractivity (Wildman–Crippen MR) is 73.8 cm³/mol. The topological polar surface area (TPSA) is 38.5 Å². The maximum Gasteiger partial charge on any atom is 0.0743 e. The van der Waals surface area contributed by atoms with Crippen molar-refractivity contribution in [3.8, 4) is 0 Å². The third-order valence-electron chi connectivity index (χ3n) is 3.09. The molecule has 0 fully saturated rings. The van der Waals surface area contributed by atoms with Gasteiger partial charge in [0.1, 0.15) is 0 Å². The molecule has 0 rings (SSSR count). The molecule has 0 radical (unpaired) electrons. The van der Waals surface area contributed by atoms with Crippen LogP contribution in [0.15, 0.2) is 0 Å². The fraction of sp³-hybridized carbons (Fsp3) is 0.917. The molecule has 0 saturated carbocycles. The molecule has 2 unspecified atom stereocenters. The molecule has 0 aromatic heterocycles. The largest absolute Gasteiger partial charge is 0.393 e. The van der Waals surface area contributed by atoms with Crippen molar-refractivity contribution in [2.75, 3.05) is 20.3 Å². The van der Waals surface area contributed by atoms with E-state index in [1.165, 1.54) is 0 Å². The van der Waals surface area contributed by atoms with Gasteiger partial charge in [0.15, 0.2) is 0 Å². The van der Waals surface area contributed by atoms with Gasteiger partial charge in [-0.25, -0.2) is 0 Å². The Morgan fingerprint density at radius 2 is 2.00 bits per heavy atom. The SMILES string of the molecule is CCC(C)N(CCOC)C(CC)CC(N)=S. The summed E-state index contributed by atoms with van der Waals surface area (Å²) in [4.78, 5) is 3.07. The third kappa shape index (κ3) is 5.77. The fourth-order valence-electron chi connectivity index (χ4n) is 1.92. The van der Waals surface area contributed by atoms with Gasteiger partial charge in [0.2, 0.25) is 0 Å². The molecule has 3 nitrogen and oxygen atoms in total. The van der Waals surface area contributed by atoms with Crippen molar-refractivity contribution >= 4 is 17.2 Å². The second-order valence-corrected chi connectivity index (χ2v) is 4.74. The van der Waals surface area contributed by atoms with Crippen LogP contribution in [0.5, 0.6) is 0 Å². The summed E-state index contributed by atoms with van der Waals surface area (Å²) in [7, 11) is 1.74. The van der Waals surface area contributed by atoms with E-state index >= 15 is 0 Å². The van der Waals surface area contributed by atoms with E-state index in [1.54, 1.807) is 7.11 Å². The van der Waals surface area contributed by atoms with Crippen molar-refractivity contribution in [3.05, 3.63) is 0 Å². The number of hydrogen-bond donors (Lipinski definition) is 1. The van der Waals surface area contributed by atoms with Crippen molar-refractivity contribution < 1.29 is 4.74 Å². The lowest BCUT2D eigenvalue weighted by molar-refractivity contribution is 0.0884. The van der Waals surface area contributed by atoms with E-state index in [1.807, 2.05) is 0 Å². The van der Waals surface area contributed by atoms with Crippen LogP contribution in [0, 0.1) is 0 Å². The summed E-state index contributed by atoms with van der Waals surface area (Å²) in [5.74, 6) is 0. The second-order valence-electron chi connectivity index (χ2n) is 4.22. The third-order valence-corrected chi connectivity index (χ3v) is 3.25. The lowest BCUT2D eigenvalue weighted by Gasteiger charge is -2.35. The number of hydrogen-bond acceptors (Lipinski definition) is 3. The van der Waals surface area contributed by atoms with Gasteiger partial charge in [0.05, 0.1) is 11.6 Å². The molecule has 0 aliphatic carbocycles. The lowest BCUT2D eigenvalue weighted by Crippen LogP contribution is -2.44. The molecule has 2 N–H and O–H groups in total. The van der Waals surface area contributed by atoms with Gasteiger partial charge in [0.25, 0.3) is 0 Å². The Balaban J connectivity index is 4.47. The van der Waals surface area contributed by atoms with Crippen LogP contribution < -0.4 is 5.73 Å². The molecule has 0 aliphatic heterocycles. The van der Waals surface area contributed by atoms with Crippen molar-refractivity contribution in [2.24, 2.45) is 5.73 Å². The molecule has 0 amide bonds. The number of rotatable bonds is 9. The highest BCUT2D eigenvalue weighted by Gasteiger charge is 2.21. The van der Waals surface area contributed by atoms with Crippen molar-refractivity contribution in [2.45, 2.75) is 52.1 Å². The zero-order valence-corrected chi connectivity index (χ0v) is 11.8. The minimum absolute atomic E-state index is 0.447. The van der Waals surface area contributed by atoms with E-state index < -0.39 is 0 Å². The number of nitrogens with two attached hydrogens (primary N) is 1. The van der Waals surface area contributed by atoms with Gasteiger partial charge in [-0.2, -0.15) is 0 Å². The molecule has 2 atom stereocenters. The first-order valence-electron chi connectivity index (χ1n) is 6.09. The molecule has 0 bridgehead atoms. The van der Waals surface area contributed by atoms with Gasteiger partial charge >= 0.3 is 0 Å². The Kier molecular flexibility index (Phi) is 8.80. The Hall–Kier alpha value is -0.190. The number of ether oxygens (including phenoxy) is 1. The first-order valence-corrected chi connectivity index (χ1v) is 6.50. The van der Waals surface area contributed by atoms with Crippen LogP contribution in [-0.4, -0.2) is 42.2 Å². The van der Waals surface area contributed by atoms with Crippen LogP contribution in [0.1, 0.15) is 40.0 Å². The molecule has 0 saturated heterocycles. The second kappa shape index (κ2) is 8.90. The Morgan fingerprint density at radius 1 is 1.38 bits per heavy atom. The number of thiocarbonyl (C=S) groups is 1. The highest BCUT2D eigenvalue weighted by atomic mass is 32.1. The van der Waals surface area contributed by atoms with Crippen LogP contribution in [0.3, 0.4) is 0 Å². The van der Waals surface area contributed by atoms with Crippen LogP contribution in [0.2, 0.25) is 0 Å². The predicted octanol–water partition coefficient (Wildman–Crippen LogP) is 2.19. The standard InChI is InChI=1S/C12H26N2OS/c1-5-10(3)14(7-8-15-4)11(6-2)9-12(13)16/h10-11H,5-9H2,1-4H3,(H2,13,16). The lowest BCUT2D eigenvalue weighted by atomic mass is 10.1. The molecule has 0 aromatic rings. The molecule has 0 aromatic carbocycles. The fourth-order valence-corrected chi connectivity index (χ4v) is 2.11. The summed E-state index contributed by atoms with van der Waals surface area (Å²) in [6.07, 6.45) is 3.02. The van der Waals surface area contributed by atoms with Crippen LogP contribution >= 0.6 is 12.2 Å². The average molecular weight is 246 g/mol. The summed E-state index contributed by atoms with van der Waals surface area (Å²) in [6.45, 7) is 8.35. The summed E-state index contributed by atoms with van der Waals surface area (Å²) < 4.78 is 5.16. The highest BCUT2D eigenvalue weighted by Crippen LogP contribution is 2.14. The molecule has 16 heavy (non-hydrogen) atoms. The van der Waals surface area contributed by atoms with Crippen LogP contribution in [0.25, 0.3) is 0 Å². The van der Waals surface area contributed by atoms with E-state index in [4.69, 9.17) is 22.7 Å². The van der Waals surface area contributed by atoms with E-state index in [2.05, 4.69) is 25.7 Å². The first kappa shape index (κ1) is 15.8. The monoisotopic (exact) mass is 246 g/mol. The normalized spacial score (nSPS) is 15.1. The quantitative estimate of drug-likeness (QED) is 0.633. The summed E-state index contributed by atoms with van der Waals surface area (Å²) in [6, 6.07) is 0.997. The van der Waals surface area contributed by atoms with Crippen LogP contribution in [0.4, 0.5) is 0 Å². The average Bonchev–Trinajstić information content (AvgIpc) is 2.26. The molecule has 4 heteroatoms.